The number of hydrogen-bond donors (Lipinski definition) is 1. The van der Waals surface area contributed by atoms with Crippen molar-refractivity contribution < 1.29 is 0 Å². The van der Waals surface area contributed by atoms with Crippen molar-refractivity contribution in [3.8, 4) is 0 Å². The Balaban J connectivity index is 2.12. The predicted octanol–water partition coefficient (Wildman–Crippen LogP) is 4.05. The van der Waals surface area contributed by atoms with Crippen molar-refractivity contribution in [2.24, 2.45) is 0 Å². The van der Waals surface area contributed by atoms with E-state index in [4.69, 9.17) is 0 Å². The van der Waals surface area contributed by atoms with E-state index in [1.54, 1.807) is 0 Å². The average molecular weight is 288 g/mol. The van der Waals surface area contributed by atoms with Crippen molar-refractivity contribution in [1.82, 2.24) is 10.2 Å². The summed E-state index contributed by atoms with van der Waals surface area (Å²) in [6, 6.07) is 8.05. The first-order chi connectivity index (χ1) is 10.2. The summed E-state index contributed by atoms with van der Waals surface area (Å²) in [5.41, 5.74) is 4.42. The van der Waals surface area contributed by atoms with Gasteiger partial charge in [0.1, 0.15) is 0 Å². The standard InChI is InChI=1S/C19H32N2/c1-5-8-17-13-21(18(9-6-2)12-20-17)14-19-15(3)10-7-11-16(19)4/h7,10-11,17-18,20H,5-6,8-9,12-14H2,1-4H3. The molecule has 0 amide bonds. The van der Waals surface area contributed by atoms with E-state index in [2.05, 4.69) is 56.1 Å². The van der Waals surface area contributed by atoms with Gasteiger partial charge in [0, 0.05) is 31.7 Å². The number of nitrogens with one attached hydrogen (secondary N) is 1. The molecule has 1 saturated heterocycles. The normalized spacial score (nSPS) is 23.4. The third kappa shape index (κ3) is 4.31. The summed E-state index contributed by atoms with van der Waals surface area (Å²) in [7, 11) is 0. The highest BCUT2D eigenvalue weighted by Gasteiger charge is 2.27. The molecule has 2 unspecified atom stereocenters. The van der Waals surface area contributed by atoms with Gasteiger partial charge in [-0.05, 0) is 43.4 Å². The van der Waals surface area contributed by atoms with Crippen LogP contribution in [0.1, 0.15) is 56.2 Å². The fraction of sp³-hybridized carbons (Fsp3) is 0.684. The van der Waals surface area contributed by atoms with Crippen LogP contribution in [0, 0.1) is 13.8 Å². The van der Waals surface area contributed by atoms with Crippen LogP contribution in [0.25, 0.3) is 0 Å². The van der Waals surface area contributed by atoms with Crippen LogP contribution in [0.2, 0.25) is 0 Å². The van der Waals surface area contributed by atoms with Gasteiger partial charge in [-0.25, -0.2) is 0 Å². The first kappa shape index (κ1) is 16.5. The lowest BCUT2D eigenvalue weighted by molar-refractivity contribution is 0.111. The molecule has 0 aromatic heterocycles. The molecule has 2 rings (SSSR count). The summed E-state index contributed by atoms with van der Waals surface area (Å²) >= 11 is 0. The number of aryl methyl sites for hydroxylation is 2. The molecule has 1 aromatic rings. The highest BCUT2D eigenvalue weighted by atomic mass is 15.2. The van der Waals surface area contributed by atoms with Crippen LogP contribution >= 0.6 is 0 Å². The van der Waals surface area contributed by atoms with Crippen LogP contribution in [0.15, 0.2) is 18.2 Å². The molecular formula is C19H32N2. The number of benzene rings is 1. The third-order valence-corrected chi connectivity index (χ3v) is 4.88. The van der Waals surface area contributed by atoms with Gasteiger partial charge >= 0.3 is 0 Å². The molecule has 0 aliphatic carbocycles. The Morgan fingerprint density at radius 1 is 1.10 bits per heavy atom. The minimum absolute atomic E-state index is 0.674. The fourth-order valence-corrected chi connectivity index (χ4v) is 3.58. The lowest BCUT2D eigenvalue weighted by Crippen LogP contribution is -2.56. The zero-order valence-electron chi connectivity index (χ0n) is 14.3. The molecule has 2 heteroatoms. The van der Waals surface area contributed by atoms with Crippen molar-refractivity contribution in [3.63, 3.8) is 0 Å². The van der Waals surface area contributed by atoms with Gasteiger partial charge in [-0.2, -0.15) is 0 Å². The number of hydrogen-bond acceptors (Lipinski definition) is 2. The Labute approximate surface area is 130 Å². The quantitative estimate of drug-likeness (QED) is 0.849. The Bertz CT molecular complexity index is 421. The molecule has 1 aromatic carbocycles. The van der Waals surface area contributed by atoms with Crippen LogP contribution in [-0.4, -0.2) is 30.1 Å². The van der Waals surface area contributed by atoms with Crippen LogP contribution in [0.5, 0.6) is 0 Å². The minimum atomic E-state index is 0.674. The van der Waals surface area contributed by atoms with Gasteiger partial charge in [0.2, 0.25) is 0 Å². The third-order valence-electron chi connectivity index (χ3n) is 4.88. The van der Waals surface area contributed by atoms with Crippen molar-refractivity contribution in [3.05, 3.63) is 34.9 Å². The SMILES string of the molecule is CCCC1CN(Cc2c(C)cccc2C)C(CCC)CN1. The first-order valence-corrected chi connectivity index (χ1v) is 8.68. The predicted molar refractivity (Wildman–Crippen MR) is 91.7 cm³/mol. The summed E-state index contributed by atoms with van der Waals surface area (Å²) in [5.74, 6) is 0. The molecular weight excluding hydrogens is 256 g/mol. The Morgan fingerprint density at radius 3 is 2.38 bits per heavy atom. The molecule has 0 spiro atoms. The molecule has 0 bridgehead atoms. The average Bonchev–Trinajstić information content (AvgIpc) is 2.46. The van der Waals surface area contributed by atoms with Gasteiger partial charge in [-0.15, -0.1) is 0 Å². The van der Waals surface area contributed by atoms with Gasteiger partial charge in [0.25, 0.3) is 0 Å². The molecule has 1 aliphatic rings. The molecule has 1 aliphatic heterocycles. The maximum atomic E-state index is 3.76. The van der Waals surface area contributed by atoms with Crippen LogP contribution in [0.3, 0.4) is 0 Å². The molecule has 1 N–H and O–H groups in total. The molecule has 2 atom stereocenters. The highest BCUT2D eigenvalue weighted by molar-refractivity contribution is 5.33. The van der Waals surface area contributed by atoms with Crippen molar-refractivity contribution in [2.75, 3.05) is 13.1 Å². The van der Waals surface area contributed by atoms with E-state index in [0.717, 1.165) is 13.1 Å². The highest BCUT2D eigenvalue weighted by Crippen LogP contribution is 2.21. The summed E-state index contributed by atoms with van der Waals surface area (Å²) in [6.07, 6.45) is 5.14. The Morgan fingerprint density at radius 2 is 1.76 bits per heavy atom. The second-order valence-electron chi connectivity index (χ2n) is 6.64. The zero-order chi connectivity index (χ0) is 15.2. The Kier molecular flexibility index (Phi) is 6.25. The van der Waals surface area contributed by atoms with E-state index < -0.39 is 0 Å². The molecule has 2 nitrogen and oxygen atoms in total. The number of piperazine rings is 1. The first-order valence-electron chi connectivity index (χ1n) is 8.68. The van der Waals surface area contributed by atoms with Gasteiger partial charge in [0.15, 0.2) is 0 Å². The maximum absolute atomic E-state index is 3.76. The lowest BCUT2D eigenvalue weighted by Gasteiger charge is -2.41. The van der Waals surface area contributed by atoms with Crippen LogP contribution in [-0.2, 0) is 6.54 Å². The van der Waals surface area contributed by atoms with Crippen molar-refractivity contribution in [1.29, 1.82) is 0 Å². The summed E-state index contributed by atoms with van der Waals surface area (Å²) in [6.45, 7) is 12.6. The fourth-order valence-electron chi connectivity index (χ4n) is 3.58. The summed E-state index contributed by atoms with van der Waals surface area (Å²) in [5, 5.41) is 3.76. The smallest absolute Gasteiger partial charge is 0.0243 e. The van der Waals surface area contributed by atoms with Gasteiger partial charge in [0.05, 0.1) is 0 Å². The van der Waals surface area contributed by atoms with Crippen molar-refractivity contribution in [2.45, 2.75) is 72.0 Å². The molecule has 0 radical (unpaired) electrons. The molecule has 118 valence electrons. The molecule has 1 heterocycles. The molecule has 0 saturated carbocycles. The number of rotatable bonds is 6. The summed E-state index contributed by atoms with van der Waals surface area (Å²) < 4.78 is 0. The second kappa shape index (κ2) is 7.95. The van der Waals surface area contributed by atoms with Crippen LogP contribution < -0.4 is 5.32 Å². The number of nitrogens with zero attached hydrogens (tertiary/aromatic N) is 1. The minimum Gasteiger partial charge on any atom is -0.311 e. The topological polar surface area (TPSA) is 15.3 Å². The van der Waals surface area contributed by atoms with E-state index in [0.29, 0.717) is 12.1 Å². The summed E-state index contributed by atoms with van der Waals surface area (Å²) in [4.78, 5) is 2.73. The lowest BCUT2D eigenvalue weighted by atomic mass is 9.98. The second-order valence-corrected chi connectivity index (χ2v) is 6.64. The van der Waals surface area contributed by atoms with E-state index in [1.807, 2.05) is 0 Å². The molecule has 1 fully saturated rings. The Hall–Kier alpha value is -0.860. The van der Waals surface area contributed by atoms with Crippen LogP contribution in [0.4, 0.5) is 0 Å². The zero-order valence-corrected chi connectivity index (χ0v) is 14.3. The van der Waals surface area contributed by atoms with Gasteiger partial charge in [-0.3, -0.25) is 4.90 Å². The monoisotopic (exact) mass is 288 g/mol. The largest absolute Gasteiger partial charge is 0.311 e. The van der Waals surface area contributed by atoms with E-state index in [9.17, 15) is 0 Å². The van der Waals surface area contributed by atoms with E-state index >= 15 is 0 Å². The van der Waals surface area contributed by atoms with Gasteiger partial charge in [-0.1, -0.05) is 44.9 Å². The van der Waals surface area contributed by atoms with Gasteiger partial charge < -0.3 is 5.32 Å². The van der Waals surface area contributed by atoms with E-state index in [-0.39, 0.29) is 0 Å². The molecule has 21 heavy (non-hydrogen) atoms. The maximum Gasteiger partial charge on any atom is 0.0243 e. The van der Waals surface area contributed by atoms with Crippen molar-refractivity contribution >= 4 is 0 Å². The van der Waals surface area contributed by atoms with E-state index in [1.165, 1.54) is 48.9 Å².